The summed E-state index contributed by atoms with van der Waals surface area (Å²) in [5.74, 6) is 6.16. The number of carbonyl (C=O) groups excluding carboxylic acids is 1. The van der Waals surface area contributed by atoms with E-state index in [9.17, 15) is 4.79 Å². The number of aliphatic hydroxyl groups excluding tert-OH is 1. The van der Waals surface area contributed by atoms with Crippen molar-refractivity contribution in [2.45, 2.75) is 6.92 Å². The Morgan fingerprint density at radius 2 is 1.97 bits per heavy atom. The lowest BCUT2D eigenvalue weighted by atomic mass is 10.2. The maximum Gasteiger partial charge on any atom is 0.267 e. The summed E-state index contributed by atoms with van der Waals surface area (Å²) in [5, 5.41) is 15.9. The molecule has 0 atom stereocenters. The summed E-state index contributed by atoms with van der Waals surface area (Å²) >= 11 is 7.36. The molecule has 6 N–H and O–H groups in total. The van der Waals surface area contributed by atoms with E-state index >= 15 is 0 Å². The Balaban J connectivity index is 1.46. The van der Waals surface area contributed by atoms with E-state index in [4.69, 9.17) is 22.6 Å². The van der Waals surface area contributed by atoms with Gasteiger partial charge in [0.25, 0.3) is 5.91 Å². The quantitative estimate of drug-likeness (QED) is 0.224. The number of carbonyl (C=O) groups is 1. The van der Waals surface area contributed by atoms with Gasteiger partial charge in [-0.25, -0.2) is 10.8 Å². The Morgan fingerprint density at radius 1 is 1.21 bits per heavy atom. The first-order valence-corrected chi connectivity index (χ1v) is 11.8. The van der Waals surface area contributed by atoms with Crippen LogP contribution in [0.4, 0.5) is 28.7 Å². The number of benzene rings is 1. The molecule has 3 aromatic rings. The summed E-state index contributed by atoms with van der Waals surface area (Å²) in [5.41, 5.74) is 3.89. The van der Waals surface area contributed by atoms with Crippen LogP contribution in [0, 0.1) is 6.92 Å². The van der Waals surface area contributed by atoms with Gasteiger partial charge in [-0.15, -0.1) is 0 Å². The second kappa shape index (κ2) is 10.9. The number of hydrazine groups is 1. The molecule has 1 aromatic carbocycles. The number of thiazole rings is 1. The number of halogens is 1. The predicted molar refractivity (Wildman–Crippen MR) is 133 cm³/mol. The second-order valence-corrected chi connectivity index (χ2v) is 8.96. The van der Waals surface area contributed by atoms with Crippen molar-refractivity contribution >= 4 is 57.5 Å². The molecule has 1 fully saturated rings. The minimum Gasteiger partial charge on any atom is -0.395 e. The maximum atomic E-state index is 12.7. The Bertz CT molecular complexity index is 1130. The lowest BCUT2D eigenvalue weighted by Crippen LogP contribution is -2.47. The van der Waals surface area contributed by atoms with Crippen LogP contribution < -0.4 is 26.8 Å². The lowest BCUT2D eigenvalue weighted by molar-refractivity contribution is 0.103. The smallest absolute Gasteiger partial charge is 0.267 e. The number of anilines is 5. The standard InChI is InChI=1S/C20H25ClN10O2S/c1-12-3-2-4-13(21)15(12)24-16(33)14-11-23-20(34-14)28-17-25-18(29-22)27-19(26-17)31-7-5-30(6-8-31)9-10-32/h2-4,11,32H,5-10,22H2,1H3,(H,24,33)(H2,23,25,26,27,28,29). The highest BCUT2D eigenvalue weighted by molar-refractivity contribution is 7.17. The molecule has 14 heteroatoms. The van der Waals surface area contributed by atoms with Crippen LogP contribution in [0.1, 0.15) is 15.2 Å². The number of rotatable bonds is 8. The molecule has 1 aliphatic rings. The van der Waals surface area contributed by atoms with Crippen LogP contribution in [-0.4, -0.2) is 75.2 Å². The van der Waals surface area contributed by atoms with Crippen LogP contribution in [0.5, 0.6) is 0 Å². The lowest BCUT2D eigenvalue weighted by Gasteiger charge is -2.34. The first-order valence-electron chi connectivity index (χ1n) is 10.6. The van der Waals surface area contributed by atoms with E-state index in [1.165, 1.54) is 6.20 Å². The SMILES string of the molecule is Cc1cccc(Cl)c1NC(=O)c1cnc(Nc2nc(NN)nc(N3CCN(CCO)CC3)n2)s1. The zero-order chi connectivity index (χ0) is 24.1. The van der Waals surface area contributed by atoms with Crippen molar-refractivity contribution in [3.8, 4) is 0 Å². The van der Waals surface area contributed by atoms with E-state index < -0.39 is 0 Å². The molecule has 1 saturated heterocycles. The van der Waals surface area contributed by atoms with Gasteiger partial charge < -0.3 is 15.3 Å². The van der Waals surface area contributed by atoms with E-state index in [1.807, 2.05) is 24.0 Å². The van der Waals surface area contributed by atoms with Crippen LogP contribution in [0.25, 0.3) is 0 Å². The summed E-state index contributed by atoms with van der Waals surface area (Å²) in [7, 11) is 0. The highest BCUT2D eigenvalue weighted by atomic mass is 35.5. The molecule has 0 saturated carbocycles. The van der Waals surface area contributed by atoms with Crippen LogP contribution in [-0.2, 0) is 0 Å². The Hall–Kier alpha value is -3.10. The van der Waals surface area contributed by atoms with Gasteiger partial charge in [0.15, 0.2) is 5.13 Å². The molecule has 4 rings (SSSR count). The van der Waals surface area contributed by atoms with E-state index in [1.54, 1.807) is 6.07 Å². The monoisotopic (exact) mass is 504 g/mol. The number of nitrogen functional groups attached to an aromatic ring is 1. The molecular weight excluding hydrogens is 480 g/mol. The molecule has 1 amide bonds. The number of aryl methyl sites for hydroxylation is 1. The normalized spacial score (nSPS) is 14.2. The third kappa shape index (κ3) is 5.69. The molecule has 0 spiro atoms. The molecule has 0 radical (unpaired) electrons. The van der Waals surface area contributed by atoms with Crippen molar-refractivity contribution in [2.24, 2.45) is 5.84 Å². The Labute approximate surface area is 205 Å². The van der Waals surface area contributed by atoms with E-state index in [0.717, 1.165) is 30.0 Å². The highest BCUT2D eigenvalue weighted by Crippen LogP contribution is 2.28. The van der Waals surface area contributed by atoms with Gasteiger partial charge in [-0.3, -0.25) is 20.4 Å². The fourth-order valence-corrected chi connectivity index (χ4v) is 4.41. The molecule has 0 bridgehead atoms. The van der Waals surface area contributed by atoms with E-state index in [-0.39, 0.29) is 24.4 Å². The molecule has 0 unspecified atom stereocenters. The zero-order valence-electron chi connectivity index (χ0n) is 18.5. The number of hydrogen-bond acceptors (Lipinski definition) is 12. The number of nitrogens with two attached hydrogens (primary N) is 1. The largest absolute Gasteiger partial charge is 0.395 e. The average Bonchev–Trinajstić information content (AvgIpc) is 3.30. The van der Waals surface area contributed by atoms with E-state index in [0.29, 0.717) is 46.3 Å². The summed E-state index contributed by atoms with van der Waals surface area (Å²) in [4.78, 5) is 34.6. The van der Waals surface area contributed by atoms with Crippen molar-refractivity contribution in [3.63, 3.8) is 0 Å². The minimum atomic E-state index is -0.317. The van der Waals surface area contributed by atoms with Crippen LogP contribution in [0.15, 0.2) is 24.4 Å². The van der Waals surface area contributed by atoms with Gasteiger partial charge in [0.2, 0.25) is 17.8 Å². The van der Waals surface area contributed by atoms with Crippen molar-refractivity contribution in [3.05, 3.63) is 39.9 Å². The van der Waals surface area contributed by atoms with Crippen molar-refractivity contribution in [2.75, 3.05) is 60.3 Å². The van der Waals surface area contributed by atoms with Crippen LogP contribution in [0.3, 0.4) is 0 Å². The fraction of sp³-hybridized carbons (Fsp3) is 0.350. The van der Waals surface area contributed by atoms with E-state index in [2.05, 4.69) is 40.9 Å². The molecular formula is C20H25ClN10O2S. The number of aliphatic hydroxyl groups is 1. The fourth-order valence-electron chi connectivity index (χ4n) is 3.44. The van der Waals surface area contributed by atoms with Gasteiger partial charge in [0, 0.05) is 32.7 Å². The van der Waals surface area contributed by atoms with Gasteiger partial charge in [-0.05, 0) is 18.6 Å². The maximum absolute atomic E-state index is 12.7. The molecule has 12 nitrogen and oxygen atoms in total. The molecule has 34 heavy (non-hydrogen) atoms. The summed E-state index contributed by atoms with van der Waals surface area (Å²) in [6, 6.07) is 5.41. The predicted octanol–water partition coefficient (Wildman–Crippen LogP) is 1.69. The van der Waals surface area contributed by atoms with Crippen molar-refractivity contribution in [1.29, 1.82) is 0 Å². The number of β-amino-alcohol motifs (C(OH)–C–C–N with tert-alkyl or cyclic N) is 1. The number of para-hydroxylation sites is 1. The third-order valence-corrected chi connectivity index (χ3v) is 6.46. The van der Waals surface area contributed by atoms with Crippen molar-refractivity contribution in [1.82, 2.24) is 24.8 Å². The third-order valence-electron chi connectivity index (χ3n) is 5.23. The molecule has 180 valence electrons. The minimum absolute atomic E-state index is 0.132. The van der Waals surface area contributed by atoms with Crippen LogP contribution in [0.2, 0.25) is 5.02 Å². The zero-order valence-corrected chi connectivity index (χ0v) is 20.0. The molecule has 0 aliphatic carbocycles. The number of hydrogen-bond donors (Lipinski definition) is 5. The highest BCUT2D eigenvalue weighted by Gasteiger charge is 2.21. The molecule has 1 aliphatic heterocycles. The Morgan fingerprint density at radius 3 is 2.68 bits per heavy atom. The summed E-state index contributed by atoms with van der Waals surface area (Å²) < 4.78 is 0. The number of piperazine rings is 1. The topological polar surface area (TPSA) is 157 Å². The number of nitrogens with one attached hydrogen (secondary N) is 3. The first kappa shape index (κ1) is 24.0. The molecule has 2 aromatic heterocycles. The van der Waals surface area contributed by atoms with Gasteiger partial charge >= 0.3 is 0 Å². The van der Waals surface area contributed by atoms with Crippen LogP contribution >= 0.6 is 22.9 Å². The van der Waals surface area contributed by atoms with Gasteiger partial charge in [0.05, 0.1) is 23.5 Å². The molecule has 3 heterocycles. The summed E-state index contributed by atoms with van der Waals surface area (Å²) in [6.45, 7) is 5.63. The number of nitrogens with zero attached hydrogens (tertiary/aromatic N) is 6. The van der Waals surface area contributed by atoms with Gasteiger partial charge in [-0.2, -0.15) is 15.0 Å². The average molecular weight is 505 g/mol. The van der Waals surface area contributed by atoms with Crippen molar-refractivity contribution < 1.29 is 9.90 Å². The Kier molecular flexibility index (Phi) is 7.70. The number of amides is 1. The van der Waals surface area contributed by atoms with Gasteiger partial charge in [0.1, 0.15) is 4.88 Å². The second-order valence-electron chi connectivity index (χ2n) is 7.52. The number of aromatic nitrogens is 4. The first-order chi connectivity index (χ1) is 16.5. The summed E-state index contributed by atoms with van der Waals surface area (Å²) in [6.07, 6.45) is 1.47. The van der Waals surface area contributed by atoms with Gasteiger partial charge in [-0.1, -0.05) is 35.1 Å².